The summed E-state index contributed by atoms with van der Waals surface area (Å²) < 4.78 is 0. The van der Waals surface area contributed by atoms with Gasteiger partial charge in [0.1, 0.15) is 11.7 Å². The Morgan fingerprint density at radius 3 is 2.58 bits per heavy atom. The van der Waals surface area contributed by atoms with Gasteiger partial charge in [-0.3, -0.25) is 24.2 Å². The minimum atomic E-state index is -1.58. The Kier molecular flexibility index (Phi) is 6.76. The molecule has 1 aromatic heterocycles. The van der Waals surface area contributed by atoms with E-state index in [0.717, 1.165) is 0 Å². The molecule has 33 heavy (non-hydrogen) atoms. The van der Waals surface area contributed by atoms with Gasteiger partial charge < -0.3 is 36.8 Å². The second kappa shape index (κ2) is 9.67. The first kappa shape index (κ1) is 23.1. The molecule has 1 unspecified atom stereocenters. The van der Waals surface area contributed by atoms with Crippen molar-refractivity contribution in [2.24, 2.45) is 0 Å². The number of nitrogens with two attached hydrogens (primary N) is 1. The molecule has 2 aromatic rings. The van der Waals surface area contributed by atoms with Gasteiger partial charge in [-0.25, -0.2) is 4.79 Å². The van der Waals surface area contributed by atoms with Crippen molar-refractivity contribution in [1.82, 2.24) is 15.3 Å². The molecule has 1 aliphatic rings. The zero-order chi connectivity index (χ0) is 24.1. The molecule has 1 aromatic carbocycles. The monoisotopic (exact) mass is 459 g/mol. The summed E-state index contributed by atoms with van der Waals surface area (Å²) >= 11 is 0. The predicted molar refractivity (Wildman–Crippen MR) is 116 cm³/mol. The van der Waals surface area contributed by atoms with Crippen LogP contribution in [0.4, 0.5) is 23.1 Å². The summed E-state index contributed by atoms with van der Waals surface area (Å²) in [7, 11) is 0. The minimum Gasteiger partial charge on any atom is -0.481 e. The van der Waals surface area contributed by atoms with E-state index >= 15 is 0 Å². The largest absolute Gasteiger partial charge is 0.481 e. The molecule has 14 nitrogen and oxygen atoms in total. The molecule has 0 fully saturated rings. The molecule has 8 N–H and O–H groups in total. The molecule has 174 valence electrons. The van der Waals surface area contributed by atoms with Crippen molar-refractivity contribution < 1.29 is 29.4 Å². The number of amides is 2. The van der Waals surface area contributed by atoms with Crippen molar-refractivity contribution in [3.05, 3.63) is 40.2 Å². The Morgan fingerprint density at radius 1 is 1.27 bits per heavy atom. The molecule has 1 aliphatic heterocycles. The first-order valence-corrected chi connectivity index (χ1v) is 9.65. The van der Waals surface area contributed by atoms with Crippen molar-refractivity contribution in [2.45, 2.75) is 18.5 Å². The summed E-state index contributed by atoms with van der Waals surface area (Å²) in [6, 6.07) is 3.79. The predicted octanol–water partition coefficient (Wildman–Crippen LogP) is -1.12. The lowest BCUT2D eigenvalue weighted by molar-refractivity contribution is -0.145. The van der Waals surface area contributed by atoms with Gasteiger partial charge >= 0.3 is 11.9 Å². The molecular weight excluding hydrogens is 438 g/mol. The lowest BCUT2D eigenvalue weighted by Crippen LogP contribution is -2.45. The number of aromatic amines is 1. The first-order valence-electron chi connectivity index (χ1n) is 9.65. The third kappa shape index (κ3) is 5.55. The molecule has 0 bridgehead atoms. The second-order valence-electron chi connectivity index (χ2n) is 7.16. The maximum absolute atomic E-state index is 12.3. The summed E-state index contributed by atoms with van der Waals surface area (Å²) in [4.78, 5) is 65.6. The van der Waals surface area contributed by atoms with Gasteiger partial charge in [0.15, 0.2) is 5.82 Å². The van der Waals surface area contributed by atoms with E-state index in [0.29, 0.717) is 24.5 Å². The van der Waals surface area contributed by atoms with E-state index in [1.165, 1.54) is 29.2 Å². The van der Waals surface area contributed by atoms with E-state index in [9.17, 15) is 24.0 Å². The number of nitrogens with zero attached hydrogens (tertiary/aromatic N) is 2. The maximum atomic E-state index is 12.3. The zero-order valence-electron chi connectivity index (χ0n) is 17.1. The smallest absolute Gasteiger partial charge is 0.326 e. The van der Waals surface area contributed by atoms with Crippen molar-refractivity contribution in [3.63, 3.8) is 0 Å². The number of carboxylic acids is 2. The average Bonchev–Trinajstić information content (AvgIpc) is 2.77. The van der Waals surface area contributed by atoms with Crippen LogP contribution in [0.25, 0.3) is 0 Å². The van der Waals surface area contributed by atoms with Crippen LogP contribution in [-0.2, 0) is 14.4 Å². The number of H-pyrrole nitrogens is 1. The van der Waals surface area contributed by atoms with E-state index in [-0.39, 0.29) is 29.8 Å². The van der Waals surface area contributed by atoms with Crippen LogP contribution in [0, 0.1) is 0 Å². The van der Waals surface area contributed by atoms with Gasteiger partial charge in [-0.1, -0.05) is 0 Å². The number of benzene rings is 1. The highest BCUT2D eigenvalue weighted by atomic mass is 16.4. The molecular formula is C19H21N7O7. The third-order valence-electron chi connectivity index (χ3n) is 4.79. The molecule has 14 heteroatoms. The van der Waals surface area contributed by atoms with Gasteiger partial charge in [0, 0.05) is 24.3 Å². The molecule has 0 saturated carbocycles. The quantitative estimate of drug-likeness (QED) is 0.223. The highest BCUT2D eigenvalue weighted by molar-refractivity contribution is 5.97. The van der Waals surface area contributed by atoms with E-state index in [1.807, 2.05) is 0 Å². The zero-order valence-corrected chi connectivity index (χ0v) is 17.1. The number of hydrogen-bond acceptors (Lipinski definition) is 9. The standard InChI is InChI=1S/C19H21N7O7/c20-19-24-15-14(17(31)25-19)22-10(6-21-15)7-26(8-27)11-3-1-9(2-4-11)16(30)23-12(18(32)33)5-13(28)29/h1-4,8,10,12,22H,5-7H2,(H,23,30)(H,28,29)(H,32,33)(H4,20,21,24,25,31)/t10?,12-/m1/s1. The Morgan fingerprint density at radius 2 is 1.97 bits per heavy atom. The number of nitrogens with one attached hydrogen (secondary N) is 4. The van der Waals surface area contributed by atoms with Crippen LogP contribution >= 0.6 is 0 Å². The van der Waals surface area contributed by atoms with Crippen LogP contribution in [0.5, 0.6) is 0 Å². The van der Waals surface area contributed by atoms with Crippen LogP contribution in [-0.4, -0.2) is 69.6 Å². The number of hydrogen-bond donors (Lipinski definition) is 7. The van der Waals surface area contributed by atoms with E-state index < -0.39 is 35.9 Å². The highest BCUT2D eigenvalue weighted by Gasteiger charge is 2.25. The summed E-state index contributed by atoms with van der Waals surface area (Å²) in [5.41, 5.74) is 5.80. The number of carboxylic acid groups (broad SMARTS) is 2. The fourth-order valence-corrected chi connectivity index (χ4v) is 3.20. The fourth-order valence-electron chi connectivity index (χ4n) is 3.20. The molecule has 2 heterocycles. The Hall–Kier alpha value is -4.62. The van der Waals surface area contributed by atoms with E-state index in [2.05, 4.69) is 25.9 Å². The second-order valence-corrected chi connectivity index (χ2v) is 7.16. The maximum Gasteiger partial charge on any atom is 0.326 e. The molecule has 0 spiro atoms. The van der Waals surface area contributed by atoms with Gasteiger partial charge in [0.05, 0.1) is 12.5 Å². The van der Waals surface area contributed by atoms with Crippen LogP contribution in [0.15, 0.2) is 29.1 Å². The van der Waals surface area contributed by atoms with Crippen LogP contribution in [0.2, 0.25) is 0 Å². The molecule has 0 aliphatic carbocycles. The first-order chi connectivity index (χ1) is 15.7. The molecule has 2 amide bonds. The topological polar surface area (TPSA) is 220 Å². The molecule has 3 rings (SSSR count). The Balaban J connectivity index is 1.67. The van der Waals surface area contributed by atoms with Gasteiger partial charge in [-0.15, -0.1) is 0 Å². The van der Waals surface area contributed by atoms with Crippen molar-refractivity contribution >= 4 is 47.4 Å². The Labute approximate surface area is 185 Å². The summed E-state index contributed by atoms with van der Waals surface area (Å²) in [5.74, 6) is -3.32. The number of carbonyl (C=O) groups excluding carboxylic acids is 2. The number of aliphatic carboxylic acids is 2. The number of carbonyl (C=O) groups is 4. The minimum absolute atomic E-state index is 0.0252. The number of anilines is 4. The molecule has 0 radical (unpaired) electrons. The van der Waals surface area contributed by atoms with Crippen LogP contribution < -0.4 is 32.1 Å². The number of nitrogen functional groups attached to an aromatic ring is 1. The van der Waals surface area contributed by atoms with Crippen molar-refractivity contribution in [3.8, 4) is 0 Å². The van der Waals surface area contributed by atoms with Crippen molar-refractivity contribution in [2.75, 3.05) is 34.4 Å². The number of aromatic nitrogens is 2. The Bertz CT molecular complexity index is 1130. The average molecular weight is 459 g/mol. The van der Waals surface area contributed by atoms with Crippen LogP contribution in [0.3, 0.4) is 0 Å². The van der Waals surface area contributed by atoms with Gasteiger partial charge in [-0.2, -0.15) is 4.98 Å². The van der Waals surface area contributed by atoms with E-state index in [4.69, 9.17) is 15.9 Å². The molecule has 0 saturated heterocycles. The van der Waals surface area contributed by atoms with Gasteiger partial charge in [0.2, 0.25) is 12.4 Å². The van der Waals surface area contributed by atoms with Crippen molar-refractivity contribution in [1.29, 1.82) is 0 Å². The third-order valence-corrected chi connectivity index (χ3v) is 4.79. The van der Waals surface area contributed by atoms with Crippen LogP contribution in [0.1, 0.15) is 16.8 Å². The number of fused-ring (bicyclic) bond motifs is 1. The SMILES string of the molecule is Nc1nc2c(c(=O)[nH]1)NC(CN(C=O)c1ccc(C(=O)N[C@H](CC(=O)O)C(=O)O)cc1)CN2. The lowest BCUT2D eigenvalue weighted by Gasteiger charge is -2.30. The lowest BCUT2D eigenvalue weighted by atomic mass is 10.1. The summed E-state index contributed by atoms with van der Waals surface area (Å²) in [6.07, 6.45) is -0.181. The fraction of sp³-hybridized carbons (Fsp3) is 0.263. The summed E-state index contributed by atoms with van der Waals surface area (Å²) in [5, 5.41) is 26.0. The van der Waals surface area contributed by atoms with E-state index in [1.54, 1.807) is 0 Å². The van der Waals surface area contributed by atoms with Gasteiger partial charge in [0.25, 0.3) is 11.5 Å². The molecule has 2 atom stereocenters. The highest BCUT2D eigenvalue weighted by Crippen LogP contribution is 2.21. The van der Waals surface area contributed by atoms with Gasteiger partial charge in [-0.05, 0) is 24.3 Å². The number of rotatable bonds is 9. The normalized spacial score (nSPS) is 15.2. The summed E-state index contributed by atoms with van der Waals surface area (Å²) in [6.45, 7) is 0.527.